The third kappa shape index (κ3) is 4.87. The molecule has 3 nitrogen and oxygen atoms in total. The molecule has 0 atom stereocenters. The normalized spacial score (nSPS) is 14.9. The maximum absolute atomic E-state index is 12.0. The van der Waals surface area contributed by atoms with E-state index in [-0.39, 0.29) is 5.92 Å². The Hall–Kier alpha value is -2.69. The van der Waals surface area contributed by atoms with E-state index >= 15 is 0 Å². The van der Waals surface area contributed by atoms with Gasteiger partial charge in [0.25, 0.3) is 0 Å². The summed E-state index contributed by atoms with van der Waals surface area (Å²) in [5, 5.41) is 16.2. The van der Waals surface area contributed by atoms with Crippen LogP contribution >= 0.6 is 12.2 Å². The molecule has 3 aromatic rings. The lowest BCUT2D eigenvalue weighted by Crippen LogP contribution is -2.47. The average molecular weight is 445 g/mol. The molecule has 1 aliphatic rings. The zero-order chi connectivity index (χ0) is 22.4. The average Bonchev–Trinajstić information content (AvgIpc) is 2.86. The Kier molecular flexibility index (Phi) is 7.23. The molecule has 166 valence electrons. The standard InChI is InChI=1S/C28H32N2OS/c1-2-9-22-14-16-26(17-15-22)29-27(32)30-20-18-25(19-21-30)28(31,23-10-5-3-6-11-23)24-12-7-4-8-13-24/h3-8,10-17,25,31H,2,9,18-21H2,1H3,(H,29,32). The molecule has 0 spiro atoms. The Bertz CT molecular complexity index is 957. The number of hydrogen-bond acceptors (Lipinski definition) is 2. The van der Waals surface area contributed by atoms with Gasteiger partial charge in [0.2, 0.25) is 0 Å². The molecule has 0 radical (unpaired) electrons. The predicted molar refractivity (Wildman–Crippen MR) is 137 cm³/mol. The first kappa shape index (κ1) is 22.5. The molecule has 0 aliphatic carbocycles. The Morgan fingerprint density at radius 2 is 1.44 bits per heavy atom. The molecule has 32 heavy (non-hydrogen) atoms. The second-order valence-corrected chi connectivity index (χ2v) is 9.02. The number of aryl methyl sites for hydroxylation is 1. The molecular formula is C28H32N2OS. The SMILES string of the molecule is CCCc1ccc(NC(=S)N2CCC(C(O)(c3ccccc3)c3ccccc3)CC2)cc1. The Morgan fingerprint density at radius 1 is 0.906 bits per heavy atom. The van der Waals surface area contributed by atoms with Crippen LogP contribution in [0.25, 0.3) is 0 Å². The summed E-state index contributed by atoms with van der Waals surface area (Å²) in [5.74, 6) is 0.125. The van der Waals surface area contributed by atoms with Crippen LogP contribution in [0.4, 0.5) is 5.69 Å². The summed E-state index contributed by atoms with van der Waals surface area (Å²) in [7, 11) is 0. The zero-order valence-corrected chi connectivity index (χ0v) is 19.5. The fourth-order valence-electron chi connectivity index (χ4n) is 4.77. The van der Waals surface area contributed by atoms with Gasteiger partial charge in [0.05, 0.1) is 0 Å². The Labute approximate surface area is 197 Å². The molecule has 3 aromatic carbocycles. The molecule has 0 amide bonds. The smallest absolute Gasteiger partial charge is 0.173 e. The van der Waals surface area contributed by atoms with Crippen molar-refractivity contribution in [1.29, 1.82) is 0 Å². The fourth-order valence-corrected chi connectivity index (χ4v) is 5.07. The molecule has 0 aromatic heterocycles. The van der Waals surface area contributed by atoms with Crippen LogP contribution in [-0.2, 0) is 12.0 Å². The van der Waals surface area contributed by atoms with Crippen molar-refractivity contribution in [2.24, 2.45) is 5.92 Å². The lowest BCUT2D eigenvalue weighted by molar-refractivity contribution is -0.00631. The number of thiocarbonyl (C=S) groups is 1. The Balaban J connectivity index is 1.44. The summed E-state index contributed by atoms with van der Waals surface area (Å²) in [6.07, 6.45) is 4.00. The van der Waals surface area contributed by atoms with Gasteiger partial charge in [0, 0.05) is 18.8 Å². The molecule has 0 saturated carbocycles. The summed E-state index contributed by atoms with van der Waals surface area (Å²) in [4.78, 5) is 2.22. The maximum Gasteiger partial charge on any atom is 0.173 e. The topological polar surface area (TPSA) is 35.5 Å². The van der Waals surface area contributed by atoms with E-state index in [1.54, 1.807) is 0 Å². The van der Waals surface area contributed by atoms with E-state index in [1.807, 2.05) is 60.7 Å². The number of benzene rings is 3. The van der Waals surface area contributed by atoms with Crippen molar-refractivity contribution in [3.8, 4) is 0 Å². The summed E-state index contributed by atoms with van der Waals surface area (Å²) in [5.41, 5.74) is 3.29. The lowest BCUT2D eigenvalue weighted by atomic mass is 9.72. The molecule has 0 unspecified atom stereocenters. The van der Waals surface area contributed by atoms with Crippen molar-refractivity contribution >= 4 is 23.0 Å². The van der Waals surface area contributed by atoms with E-state index in [4.69, 9.17) is 12.2 Å². The summed E-state index contributed by atoms with van der Waals surface area (Å²) in [6, 6.07) is 28.7. The molecular weight excluding hydrogens is 412 g/mol. The minimum atomic E-state index is -1.00. The van der Waals surface area contributed by atoms with Crippen LogP contribution in [0.5, 0.6) is 0 Å². The van der Waals surface area contributed by atoms with E-state index in [9.17, 15) is 5.11 Å². The van der Waals surface area contributed by atoms with E-state index < -0.39 is 5.60 Å². The fraction of sp³-hybridized carbons (Fsp3) is 0.321. The van der Waals surface area contributed by atoms with Gasteiger partial charge in [-0.1, -0.05) is 86.1 Å². The van der Waals surface area contributed by atoms with Gasteiger partial charge in [-0.05, 0) is 66.2 Å². The van der Waals surface area contributed by atoms with Gasteiger partial charge >= 0.3 is 0 Å². The maximum atomic E-state index is 12.0. The van der Waals surface area contributed by atoms with Gasteiger partial charge in [-0.2, -0.15) is 0 Å². The number of aliphatic hydroxyl groups is 1. The molecule has 4 rings (SSSR count). The molecule has 0 bridgehead atoms. The van der Waals surface area contributed by atoms with Crippen LogP contribution in [0, 0.1) is 5.92 Å². The first-order valence-corrected chi connectivity index (χ1v) is 12.0. The summed E-state index contributed by atoms with van der Waals surface area (Å²) in [6.45, 7) is 3.85. The first-order valence-electron chi connectivity index (χ1n) is 11.6. The van der Waals surface area contributed by atoms with Crippen molar-refractivity contribution in [3.05, 3.63) is 102 Å². The van der Waals surface area contributed by atoms with Gasteiger partial charge in [-0.3, -0.25) is 0 Å². The van der Waals surface area contributed by atoms with Crippen molar-refractivity contribution in [1.82, 2.24) is 4.90 Å². The highest BCUT2D eigenvalue weighted by atomic mass is 32.1. The number of likely N-dealkylation sites (tertiary alicyclic amines) is 1. The lowest BCUT2D eigenvalue weighted by Gasteiger charge is -2.43. The summed E-state index contributed by atoms with van der Waals surface area (Å²) >= 11 is 5.71. The number of piperidine rings is 1. The van der Waals surface area contributed by atoms with Gasteiger partial charge < -0.3 is 15.3 Å². The van der Waals surface area contributed by atoms with Crippen LogP contribution < -0.4 is 5.32 Å². The highest BCUT2D eigenvalue weighted by molar-refractivity contribution is 7.80. The second-order valence-electron chi connectivity index (χ2n) is 8.64. The third-order valence-electron chi connectivity index (χ3n) is 6.54. The summed E-state index contributed by atoms with van der Waals surface area (Å²) < 4.78 is 0. The van der Waals surface area contributed by atoms with Crippen molar-refractivity contribution < 1.29 is 5.11 Å². The van der Waals surface area contributed by atoms with Crippen molar-refractivity contribution in [2.45, 2.75) is 38.2 Å². The minimum Gasteiger partial charge on any atom is -0.380 e. The largest absolute Gasteiger partial charge is 0.380 e. The van der Waals surface area contributed by atoms with Crippen LogP contribution in [0.15, 0.2) is 84.9 Å². The molecule has 1 saturated heterocycles. The number of nitrogens with one attached hydrogen (secondary N) is 1. The van der Waals surface area contributed by atoms with Crippen LogP contribution in [0.2, 0.25) is 0 Å². The van der Waals surface area contributed by atoms with E-state index in [2.05, 4.69) is 41.4 Å². The Morgan fingerprint density at radius 3 is 1.94 bits per heavy atom. The number of rotatable bonds is 6. The first-order chi connectivity index (χ1) is 15.6. The van der Waals surface area contributed by atoms with Gasteiger partial charge in [0.15, 0.2) is 5.11 Å². The van der Waals surface area contributed by atoms with Gasteiger partial charge in [0.1, 0.15) is 5.60 Å². The molecule has 1 heterocycles. The molecule has 1 aliphatic heterocycles. The highest BCUT2D eigenvalue weighted by Gasteiger charge is 2.41. The number of nitrogens with zero attached hydrogens (tertiary/aromatic N) is 1. The van der Waals surface area contributed by atoms with Crippen molar-refractivity contribution in [2.75, 3.05) is 18.4 Å². The van der Waals surface area contributed by atoms with Gasteiger partial charge in [-0.15, -0.1) is 0 Å². The molecule has 2 N–H and O–H groups in total. The number of anilines is 1. The molecule has 4 heteroatoms. The van der Waals surface area contributed by atoms with E-state index in [1.165, 1.54) is 5.56 Å². The zero-order valence-electron chi connectivity index (χ0n) is 18.7. The van der Waals surface area contributed by atoms with Crippen LogP contribution in [-0.4, -0.2) is 28.2 Å². The molecule has 1 fully saturated rings. The quantitative estimate of drug-likeness (QED) is 0.458. The minimum absolute atomic E-state index is 0.125. The van der Waals surface area contributed by atoms with Crippen LogP contribution in [0.1, 0.15) is 42.9 Å². The number of hydrogen-bond donors (Lipinski definition) is 2. The van der Waals surface area contributed by atoms with E-state index in [0.29, 0.717) is 0 Å². The second kappa shape index (κ2) is 10.3. The predicted octanol–water partition coefficient (Wildman–Crippen LogP) is 5.98. The monoisotopic (exact) mass is 444 g/mol. The van der Waals surface area contributed by atoms with Crippen LogP contribution in [0.3, 0.4) is 0 Å². The van der Waals surface area contributed by atoms with Crippen molar-refractivity contribution in [3.63, 3.8) is 0 Å². The van der Waals surface area contributed by atoms with E-state index in [0.717, 1.165) is 60.7 Å². The third-order valence-corrected chi connectivity index (χ3v) is 6.90. The van der Waals surface area contributed by atoms with Gasteiger partial charge in [-0.25, -0.2) is 0 Å². The highest BCUT2D eigenvalue weighted by Crippen LogP contribution is 2.41.